The van der Waals surface area contributed by atoms with Gasteiger partial charge in [0.05, 0.1) is 0 Å². The molecule has 0 atom stereocenters. The lowest BCUT2D eigenvalue weighted by atomic mass is 10.1. The third-order valence-corrected chi connectivity index (χ3v) is 1.56. The summed E-state index contributed by atoms with van der Waals surface area (Å²) in [6.45, 7) is 4.25. The minimum absolute atomic E-state index is 0.501. The predicted octanol–water partition coefficient (Wildman–Crippen LogP) is 1.64. The van der Waals surface area contributed by atoms with Crippen LogP contribution < -0.4 is 5.32 Å². The maximum Gasteiger partial charge on any atom is 0.222 e. The summed E-state index contributed by atoms with van der Waals surface area (Å²) in [5.74, 6) is 1.18. The van der Waals surface area contributed by atoms with Crippen LogP contribution >= 0.6 is 0 Å². The number of nitrogens with one attached hydrogen (secondary N) is 1. The van der Waals surface area contributed by atoms with E-state index in [2.05, 4.69) is 29.1 Å². The molecule has 1 heterocycles. The van der Waals surface area contributed by atoms with Gasteiger partial charge in [0, 0.05) is 19.4 Å². The van der Waals surface area contributed by atoms with Gasteiger partial charge in [-0.1, -0.05) is 13.8 Å². The standard InChI is InChI=1S/C8H13N3/c1-6(2)7-4-10-8(9-3)11-5-7/h4-6H,1-3H3,(H,9,10,11). The van der Waals surface area contributed by atoms with Gasteiger partial charge < -0.3 is 5.32 Å². The maximum absolute atomic E-state index is 4.10. The summed E-state index contributed by atoms with van der Waals surface area (Å²) in [6.07, 6.45) is 3.70. The van der Waals surface area contributed by atoms with Crippen LogP contribution in [0.5, 0.6) is 0 Å². The minimum atomic E-state index is 0.501. The first kappa shape index (κ1) is 7.98. The molecule has 0 aliphatic rings. The van der Waals surface area contributed by atoms with Crippen LogP contribution in [-0.2, 0) is 0 Å². The van der Waals surface area contributed by atoms with Crippen molar-refractivity contribution >= 4 is 5.95 Å². The fourth-order valence-electron chi connectivity index (χ4n) is 0.765. The summed E-state index contributed by atoms with van der Waals surface area (Å²) in [6, 6.07) is 0. The van der Waals surface area contributed by atoms with Gasteiger partial charge in [0.15, 0.2) is 0 Å². The van der Waals surface area contributed by atoms with Crippen LogP contribution in [0.2, 0.25) is 0 Å². The lowest BCUT2D eigenvalue weighted by molar-refractivity contribution is 0.846. The molecule has 0 spiro atoms. The molecule has 1 N–H and O–H groups in total. The number of nitrogens with zero attached hydrogens (tertiary/aromatic N) is 2. The van der Waals surface area contributed by atoms with Crippen LogP contribution in [0.4, 0.5) is 5.95 Å². The molecule has 0 amide bonds. The molecule has 0 unspecified atom stereocenters. The van der Waals surface area contributed by atoms with E-state index in [1.54, 1.807) is 0 Å². The Balaban J connectivity index is 2.83. The van der Waals surface area contributed by atoms with Crippen molar-refractivity contribution in [2.75, 3.05) is 12.4 Å². The molecule has 1 aromatic rings. The van der Waals surface area contributed by atoms with Crippen LogP contribution in [0.15, 0.2) is 12.4 Å². The van der Waals surface area contributed by atoms with Crippen molar-refractivity contribution in [1.29, 1.82) is 0 Å². The van der Waals surface area contributed by atoms with E-state index in [0.717, 1.165) is 0 Å². The normalized spacial score (nSPS) is 10.2. The fourth-order valence-corrected chi connectivity index (χ4v) is 0.765. The van der Waals surface area contributed by atoms with E-state index < -0.39 is 0 Å². The van der Waals surface area contributed by atoms with E-state index in [-0.39, 0.29) is 0 Å². The Labute approximate surface area is 66.9 Å². The van der Waals surface area contributed by atoms with E-state index in [0.29, 0.717) is 11.9 Å². The van der Waals surface area contributed by atoms with Crippen LogP contribution in [0.3, 0.4) is 0 Å². The molecule has 1 rings (SSSR count). The summed E-state index contributed by atoms with van der Waals surface area (Å²) in [7, 11) is 1.81. The molecule has 0 fully saturated rings. The van der Waals surface area contributed by atoms with Gasteiger partial charge in [-0.25, -0.2) is 9.97 Å². The van der Waals surface area contributed by atoms with Gasteiger partial charge in [0.1, 0.15) is 0 Å². The molecule has 0 radical (unpaired) electrons. The van der Waals surface area contributed by atoms with Gasteiger partial charge in [-0.2, -0.15) is 0 Å². The maximum atomic E-state index is 4.10. The zero-order valence-electron chi connectivity index (χ0n) is 7.13. The highest BCUT2D eigenvalue weighted by molar-refractivity contribution is 5.24. The molecule has 0 aromatic carbocycles. The Morgan fingerprint density at radius 3 is 2.18 bits per heavy atom. The van der Waals surface area contributed by atoms with Crippen LogP contribution in [0, 0.1) is 0 Å². The second-order valence-corrected chi connectivity index (χ2v) is 2.74. The zero-order chi connectivity index (χ0) is 8.27. The van der Waals surface area contributed by atoms with E-state index >= 15 is 0 Å². The van der Waals surface area contributed by atoms with Gasteiger partial charge in [-0.05, 0) is 11.5 Å². The number of hydrogen-bond donors (Lipinski definition) is 1. The van der Waals surface area contributed by atoms with Crippen molar-refractivity contribution in [3.8, 4) is 0 Å². The topological polar surface area (TPSA) is 37.8 Å². The Morgan fingerprint density at radius 1 is 1.27 bits per heavy atom. The second-order valence-electron chi connectivity index (χ2n) is 2.74. The molecule has 0 saturated carbocycles. The first-order valence-electron chi connectivity index (χ1n) is 3.73. The van der Waals surface area contributed by atoms with Gasteiger partial charge in [-0.3, -0.25) is 0 Å². The highest BCUT2D eigenvalue weighted by Gasteiger charge is 1.98. The quantitative estimate of drug-likeness (QED) is 0.698. The monoisotopic (exact) mass is 151 g/mol. The number of rotatable bonds is 2. The summed E-state index contributed by atoms with van der Waals surface area (Å²) < 4.78 is 0. The molecular weight excluding hydrogens is 138 g/mol. The number of aromatic nitrogens is 2. The molecule has 0 aliphatic heterocycles. The SMILES string of the molecule is CNc1ncc(C(C)C)cn1. The predicted molar refractivity (Wildman–Crippen MR) is 45.7 cm³/mol. The second kappa shape index (κ2) is 3.32. The van der Waals surface area contributed by atoms with E-state index in [1.807, 2.05) is 19.4 Å². The lowest BCUT2D eigenvalue weighted by Crippen LogP contribution is -1.97. The molecule has 11 heavy (non-hydrogen) atoms. The Hall–Kier alpha value is -1.12. The third-order valence-electron chi connectivity index (χ3n) is 1.56. The zero-order valence-corrected chi connectivity index (χ0v) is 7.13. The molecule has 0 bridgehead atoms. The summed E-state index contributed by atoms with van der Waals surface area (Å²) in [5, 5.41) is 2.87. The highest BCUT2D eigenvalue weighted by atomic mass is 15.1. The highest BCUT2D eigenvalue weighted by Crippen LogP contribution is 2.11. The summed E-state index contributed by atoms with van der Waals surface area (Å²) >= 11 is 0. The van der Waals surface area contributed by atoms with Gasteiger partial charge >= 0.3 is 0 Å². The number of anilines is 1. The molecule has 1 aromatic heterocycles. The molecule has 0 saturated heterocycles. The summed E-state index contributed by atoms with van der Waals surface area (Å²) in [4.78, 5) is 8.19. The molecule has 3 heteroatoms. The first-order valence-corrected chi connectivity index (χ1v) is 3.73. The molecule has 0 aliphatic carbocycles. The number of hydrogen-bond acceptors (Lipinski definition) is 3. The van der Waals surface area contributed by atoms with Gasteiger partial charge in [0.25, 0.3) is 0 Å². The molecular formula is C8H13N3. The molecule has 3 nitrogen and oxygen atoms in total. The molecule has 60 valence electrons. The van der Waals surface area contributed by atoms with Crippen LogP contribution in [-0.4, -0.2) is 17.0 Å². The van der Waals surface area contributed by atoms with E-state index in [4.69, 9.17) is 0 Å². The average Bonchev–Trinajstić information content (AvgIpc) is 2.05. The van der Waals surface area contributed by atoms with Gasteiger partial charge in [0.2, 0.25) is 5.95 Å². The fraction of sp³-hybridized carbons (Fsp3) is 0.500. The van der Waals surface area contributed by atoms with Crippen molar-refractivity contribution in [3.63, 3.8) is 0 Å². The largest absolute Gasteiger partial charge is 0.357 e. The Kier molecular flexibility index (Phi) is 2.41. The van der Waals surface area contributed by atoms with Crippen LogP contribution in [0.25, 0.3) is 0 Å². The third kappa shape index (κ3) is 1.90. The van der Waals surface area contributed by atoms with Crippen LogP contribution in [0.1, 0.15) is 25.3 Å². The van der Waals surface area contributed by atoms with Crippen molar-refractivity contribution in [1.82, 2.24) is 9.97 Å². The van der Waals surface area contributed by atoms with Crippen molar-refractivity contribution in [2.24, 2.45) is 0 Å². The van der Waals surface area contributed by atoms with Crippen molar-refractivity contribution in [2.45, 2.75) is 19.8 Å². The van der Waals surface area contributed by atoms with Gasteiger partial charge in [-0.15, -0.1) is 0 Å². The Morgan fingerprint density at radius 2 is 1.82 bits per heavy atom. The van der Waals surface area contributed by atoms with Crippen molar-refractivity contribution in [3.05, 3.63) is 18.0 Å². The van der Waals surface area contributed by atoms with E-state index in [9.17, 15) is 0 Å². The lowest BCUT2D eigenvalue weighted by Gasteiger charge is -2.03. The van der Waals surface area contributed by atoms with Crippen molar-refractivity contribution < 1.29 is 0 Å². The first-order chi connectivity index (χ1) is 5.24. The Bertz CT molecular complexity index is 215. The average molecular weight is 151 g/mol. The minimum Gasteiger partial charge on any atom is -0.357 e. The summed E-state index contributed by atoms with van der Waals surface area (Å²) in [5.41, 5.74) is 1.17. The smallest absolute Gasteiger partial charge is 0.222 e. The van der Waals surface area contributed by atoms with E-state index in [1.165, 1.54) is 5.56 Å².